The second-order valence-electron chi connectivity index (χ2n) is 11.5. The van der Waals surface area contributed by atoms with Gasteiger partial charge in [0.1, 0.15) is 17.7 Å². The average molecular weight is 663 g/mol. The molecule has 48 heavy (non-hydrogen) atoms. The Morgan fingerprint density at radius 3 is 2.35 bits per heavy atom. The minimum atomic E-state index is -4.69. The molecule has 1 aliphatic rings. The number of anilines is 1. The van der Waals surface area contributed by atoms with Crippen molar-refractivity contribution in [3.63, 3.8) is 0 Å². The molecular weight excluding hydrogens is 628 g/mol. The Morgan fingerprint density at radius 1 is 1.00 bits per heavy atom. The molecule has 250 valence electrons. The van der Waals surface area contributed by atoms with Gasteiger partial charge in [-0.05, 0) is 69.0 Å². The van der Waals surface area contributed by atoms with E-state index in [0.29, 0.717) is 34.9 Å². The summed E-state index contributed by atoms with van der Waals surface area (Å²) in [5.41, 5.74) is 0.622. The summed E-state index contributed by atoms with van der Waals surface area (Å²) in [5.74, 6) is -2.93. The molecule has 0 unspecified atom stereocenters. The maximum Gasteiger partial charge on any atom is 0.416 e. The number of fused-ring (bicyclic) bond motifs is 1. The maximum absolute atomic E-state index is 14.3. The smallest absolute Gasteiger partial charge is 0.347 e. The van der Waals surface area contributed by atoms with Crippen LogP contribution in [-0.4, -0.2) is 65.6 Å². The summed E-state index contributed by atoms with van der Waals surface area (Å²) < 4.78 is 56.2. The summed E-state index contributed by atoms with van der Waals surface area (Å²) in [7, 11) is 3.73. The topological polar surface area (TPSA) is 99.6 Å². The molecule has 9 nitrogen and oxygen atoms in total. The first-order valence-electron chi connectivity index (χ1n) is 15.2. The zero-order valence-electron chi connectivity index (χ0n) is 26.5. The highest BCUT2D eigenvalue weighted by Crippen LogP contribution is 2.43. The molecule has 0 fully saturated rings. The minimum absolute atomic E-state index is 0.0644. The highest BCUT2D eigenvalue weighted by atomic mass is 19.4. The zero-order valence-corrected chi connectivity index (χ0v) is 26.5. The predicted molar refractivity (Wildman–Crippen MR) is 172 cm³/mol. The third kappa shape index (κ3) is 7.31. The Bertz CT molecular complexity index is 1820. The molecule has 2 N–H and O–H groups in total. The van der Waals surface area contributed by atoms with Crippen molar-refractivity contribution in [2.24, 2.45) is 0 Å². The lowest BCUT2D eigenvalue weighted by Gasteiger charge is -2.38. The number of carbonyl (C=O) groups is 3. The number of nitrogens with one attached hydrogen (secondary N) is 2. The van der Waals surface area contributed by atoms with E-state index in [1.807, 2.05) is 25.1 Å². The molecule has 2 atom stereocenters. The normalized spacial score (nSPS) is 16.3. The van der Waals surface area contributed by atoms with E-state index < -0.39 is 41.3 Å². The van der Waals surface area contributed by atoms with E-state index in [-0.39, 0.29) is 24.6 Å². The number of rotatable bonds is 10. The van der Waals surface area contributed by atoms with Crippen molar-refractivity contribution in [2.75, 3.05) is 32.1 Å². The summed E-state index contributed by atoms with van der Waals surface area (Å²) in [5, 5.41) is 10.4. The van der Waals surface area contributed by atoms with Gasteiger partial charge in [0.05, 0.1) is 23.5 Å². The van der Waals surface area contributed by atoms with Gasteiger partial charge in [0.15, 0.2) is 0 Å². The van der Waals surface area contributed by atoms with Crippen LogP contribution in [0.1, 0.15) is 45.6 Å². The first kappa shape index (κ1) is 34.0. The van der Waals surface area contributed by atoms with Crippen molar-refractivity contribution < 1.29 is 31.9 Å². The summed E-state index contributed by atoms with van der Waals surface area (Å²) in [6, 6.07) is 17.0. The van der Waals surface area contributed by atoms with Crippen LogP contribution in [0.5, 0.6) is 0 Å². The summed E-state index contributed by atoms with van der Waals surface area (Å²) in [6.45, 7) is 2.37. The lowest BCUT2D eigenvalue weighted by Crippen LogP contribution is -2.55. The number of hydrogen-bond acceptors (Lipinski definition) is 5. The van der Waals surface area contributed by atoms with Crippen LogP contribution in [0.25, 0.3) is 5.69 Å². The Hall–Kier alpha value is -5.30. The van der Waals surface area contributed by atoms with Crippen molar-refractivity contribution in [3.8, 4) is 5.69 Å². The molecule has 3 aromatic carbocycles. The van der Waals surface area contributed by atoms with Crippen molar-refractivity contribution in [2.45, 2.75) is 31.6 Å². The Morgan fingerprint density at radius 2 is 1.71 bits per heavy atom. The predicted octanol–water partition coefficient (Wildman–Crippen LogP) is 5.06. The van der Waals surface area contributed by atoms with Crippen molar-refractivity contribution >= 4 is 23.5 Å². The second-order valence-corrected chi connectivity index (χ2v) is 11.5. The van der Waals surface area contributed by atoms with Gasteiger partial charge in [0.25, 0.3) is 11.8 Å². The third-order valence-electron chi connectivity index (χ3n) is 7.86. The van der Waals surface area contributed by atoms with Gasteiger partial charge in [-0.3, -0.25) is 19.3 Å². The number of hydrogen-bond donors (Lipinski definition) is 2. The number of para-hydroxylation sites is 1. The van der Waals surface area contributed by atoms with E-state index in [2.05, 4.69) is 10.6 Å². The number of amides is 3. The van der Waals surface area contributed by atoms with Crippen LogP contribution in [0.2, 0.25) is 0 Å². The van der Waals surface area contributed by atoms with Gasteiger partial charge >= 0.3 is 6.18 Å². The van der Waals surface area contributed by atoms with E-state index in [0.717, 1.165) is 18.2 Å². The molecule has 4 aromatic rings. The van der Waals surface area contributed by atoms with Crippen molar-refractivity contribution in [1.29, 1.82) is 0 Å². The zero-order chi connectivity index (χ0) is 34.6. The fraction of sp³-hybridized carbons (Fsp3) is 0.257. The van der Waals surface area contributed by atoms with Crippen molar-refractivity contribution in [3.05, 3.63) is 125 Å². The maximum atomic E-state index is 14.3. The molecule has 13 heteroatoms. The van der Waals surface area contributed by atoms with E-state index in [1.165, 1.54) is 41.3 Å². The molecule has 1 aromatic heterocycles. The van der Waals surface area contributed by atoms with Crippen LogP contribution in [0, 0.1) is 5.82 Å². The van der Waals surface area contributed by atoms with Gasteiger partial charge in [-0.25, -0.2) is 9.07 Å². The first-order valence-corrected chi connectivity index (χ1v) is 15.2. The monoisotopic (exact) mass is 662 g/mol. The number of likely N-dealkylation sites (N-methyl/N-ethyl adjacent to an activating group) is 2. The summed E-state index contributed by atoms with van der Waals surface area (Å²) in [4.78, 5) is 44.0. The van der Waals surface area contributed by atoms with E-state index >= 15 is 0 Å². The van der Waals surface area contributed by atoms with Gasteiger partial charge in [-0.2, -0.15) is 18.3 Å². The summed E-state index contributed by atoms with van der Waals surface area (Å²) >= 11 is 0. The van der Waals surface area contributed by atoms with E-state index in [4.69, 9.17) is 5.10 Å². The third-order valence-corrected chi connectivity index (χ3v) is 7.86. The SMILES string of the molecule is CCN1C(=O)[C@@H](NC(=O)c2cccc(C(F)(F)F)c2)[C@@H](c2ccc(F)cc2)c2c(CNC(=O)/C=C/CN(C)C)nn(-c3ccccc3)c21. The average Bonchev–Trinajstić information content (AvgIpc) is 3.43. The molecule has 0 radical (unpaired) electrons. The highest BCUT2D eigenvalue weighted by molar-refractivity contribution is 6.05. The van der Waals surface area contributed by atoms with Gasteiger partial charge in [-0.15, -0.1) is 0 Å². The quantitative estimate of drug-likeness (QED) is 0.183. The van der Waals surface area contributed by atoms with Crippen LogP contribution in [0.3, 0.4) is 0 Å². The molecule has 0 spiro atoms. The Balaban J connectivity index is 1.65. The molecule has 2 heterocycles. The molecule has 3 amide bonds. The van der Waals surface area contributed by atoms with Gasteiger partial charge < -0.3 is 15.5 Å². The second kappa shape index (κ2) is 14.2. The molecule has 5 rings (SSSR count). The van der Waals surface area contributed by atoms with Crippen LogP contribution >= 0.6 is 0 Å². The lowest BCUT2D eigenvalue weighted by atomic mass is 9.80. The van der Waals surface area contributed by atoms with Gasteiger partial charge in [-0.1, -0.05) is 42.5 Å². The number of alkyl halides is 3. The molecular formula is C35H34F4N6O3. The number of benzene rings is 3. The number of nitrogens with zero attached hydrogens (tertiary/aromatic N) is 4. The number of halogens is 4. The fourth-order valence-corrected chi connectivity index (χ4v) is 5.65. The van der Waals surface area contributed by atoms with Crippen LogP contribution in [0.15, 0.2) is 91.0 Å². The fourth-order valence-electron chi connectivity index (χ4n) is 5.65. The van der Waals surface area contributed by atoms with Crippen LogP contribution < -0.4 is 15.5 Å². The van der Waals surface area contributed by atoms with Crippen LogP contribution in [0.4, 0.5) is 23.4 Å². The molecule has 0 aliphatic carbocycles. The standard InChI is InChI=1S/C35H34F4N6O3/c1-4-44-33-30(27(21-40-28(46)14-9-19-43(2)3)42-45(33)26-12-6-5-7-13-26)29(22-15-17-25(36)18-16-22)31(34(44)48)41-32(47)23-10-8-11-24(20-23)35(37,38)39/h5-18,20,29,31H,4,19,21H2,1-3H3,(H,40,46)(H,41,47)/b14-9+/t29-,31-/m0/s1. The molecule has 0 bridgehead atoms. The number of aromatic nitrogens is 2. The molecule has 1 aliphatic heterocycles. The van der Waals surface area contributed by atoms with E-state index in [1.54, 1.807) is 41.9 Å². The largest absolute Gasteiger partial charge is 0.416 e. The number of carbonyl (C=O) groups excluding carboxylic acids is 3. The Labute approximate surface area is 274 Å². The van der Waals surface area contributed by atoms with Crippen LogP contribution in [-0.2, 0) is 22.3 Å². The minimum Gasteiger partial charge on any atom is -0.347 e. The summed E-state index contributed by atoms with van der Waals surface area (Å²) in [6.07, 6.45) is -1.59. The van der Waals surface area contributed by atoms with E-state index in [9.17, 15) is 31.9 Å². The molecule has 0 saturated heterocycles. The first-order chi connectivity index (χ1) is 22.9. The lowest BCUT2D eigenvalue weighted by molar-refractivity contribution is -0.137. The van der Waals surface area contributed by atoms with Crippen molar-refractivity contribution in [1.82, 2.24) is 25.3 Å². The van der Waals surface area contributed by atoms with Gasteiger partial charge in [0, 0.05) is 36.2 Å². The van der Waals surface area contributed by atoms with Gasteiger partial charge in [0.2, 0.25) is 5.91 Å². The Kier molecular flexibility index (Phi) is 10.1. The highest BCUT2D eigenvalue weighted by Gasteiger charge is 2.46. The molecule has 0 saturated carbocycles.